The van der Waals surface area contributed by atoms with E-state index in [2.05, 4.69) is 20.8 Å². The number of carbonyl (C=O) groups is 2. The molecular formula is C38H56N2O5. The maximum Gasteiger partial charge on any atom is 0.246 e. The van der Waals surface area contributed by atoms with Crippen LogP contribution in [0.4, 0.5) is 0 Å². The first-order chi connectivity index (χ1) is 21.5. The highest BCUT2D eigenvalue weighted by molar-refractivity contribution is 5.92. The van der Waals surface area contributed by atoms with Crippen LogP contribution in [0.25, 0.3) is 6.08 Å². The lowest BCUT2D eigenvalue weighted by Crippen LogP contribution is -2.58. The van der Waals surface area contributed by atoms with Crippen molar-refractivity contribution in [2.75, 3.05) is 33.3 Å². The van der Waals surface area contributed by atoms with E-state index in [1.165, 1.54) is 25.7 Å². The number of amides is 2. The summed E-state index contributed by atoms with van der Waals surface area (Å²) < 4.78 is 5.20. The van der Waals surface area contributed by atoms with Gasteiger partial charge in [-0.15, -0.1) is 0 Å². The second-order valence-corrected chi connectivity index (χ2v) is 15.8. The van der Waals surface area contributed by atoms with E-state index >= 15 is 0 Å². The molecule has 10 atom stereocenters. The molecule has 0 aromatic heterocycles. The van der Waals surface area contributed by atoms with Crippen LogP contribution in [0.15, 0.2) is 30.3 Å². The summed E-state index contributed by atoms with van der Waals surface area (Å²) in [5.74, 6) is 4.00. The average molecular weight is 621 g/mol. The normalized spacial score (nSPS) is 38.8. The van der Waals surface area contributed by atoms with Crippen molar-refractivity contribution in [2.45, 2.75) is 97.2 Å². The van der Waals surface area contributed by atoms with Gasteiger partial charge >= 0.3 is 0 Å². The van der Waals surface area contributed by atoms with Crippen molar-refractivity contribution < 1.29 is 24.5 Å². The molecule has 4 saturated carbocycles. The number of methoxy groups -OCH3 is 1. The van der Waals surface area contributed by atoms with E-state index in [1.807, 2.05) is 40.1 Å². The number of rotatable bonds is 7. The van der Waals surface area contributed by atoms with Gasteiger partial charge in [0.1, 0.15) is 5.75 Å². The number of ether oxygens (including phenoxy) is 1. The predicted octanol–water partition coefficient (Wildman–Crippen LogP) is 5.79. The summed E-state index contributed by atoms with van der Waals surface area (Å²) in [5, 5.41) is 21.9. The second-order valence-electron chi connectivity index (χ2n) is 15.8. The van der Waals surface area contributed by atoms with Gasteiger partial charge in [0, 0.05) is 38.7 Å². The molecule has 0 radical (unpaired) electrons. The summed E-state index contributed by atoms with van der Waals surface area (Å²) in [6, 6.07) is 7.61. The molecule has 0 spiro atoms. The molecule has 7 nitrogen and oxygen atoms in total. The Hall–Kier alpha value is -2.38. The van der Waals surface area contributed by atoms with Gasteiger partial charge in [0.15, 0.2) is 0 Å². The number of nitrogens with zero attached hydrogens (tertiary/aromatic N) is 2. The lowest BCUT2D eigenvalue weighted by Gasteiger charge is -2.62. The highest BCUT2D eigenvalue weighted by Crippen LogP contribution is 2.68. The Kier molecular flexibility index (Phi) is 9.42. The zero-order valence-electron chi connectivity index (χ0n) is 28.0. The molecule has 2 N–H and O–H groups in total. The van der Waals surface area contributed by atoms with E-state index in [0.29, 0.717) is 68.1 Å². The Morgan fingerprint density at radius 1 is 0.933 bits per heavy atom. The van der Waals surface area contributed by atoms with Crippen LogP contribution in [-0.4, -0.2) is 77.3 Å². The fourth-order valence-electron chi connectivity index (χ4n) is 11.1. The number of hydrogen-bond acceptors (Lipinski definition) is 5. The molecule has 5 fully saturated rings. The number of fused-ring (bicyclic) bond motifs is 5. The molecule has 1 saturated heterocycles. The zero-order chi connectivity index (χ0) is 31.9. The Morgan fingerprint density at radius 3 is 2.31 bits per heavy atom. The first-order valence-electron chi connectivity index (χ1n) is 17.8. The molecule has 1 aromatic carbocycles. The molecular weight excluding hydrogens is 564 g/mol. The van der Waals surface area contributed by atoms with Crippen LogP contribution >= 0.6 is 0 Å². The molecule has 248 valence electrons. The lowest BCUT2D eigenvalue weighted by atomic mass is 9.43. The van der Waals surface area contributed by atoms with Crippen molar-refractivity contribution in [1.29, 1.82) is 0 Å². The topological polar surface area (TPSA) is 90.3 Å². The molecule has 0 unspecified atom stereocenters. The molecule has 1 heterocycles. The van der Waals surface area contributed by atoms with E-state index in [1.54, 1.807) is 13.2 Å². The van der Waals surface area contributed by atoms with E-state index in [4.69, 9.17) is 4.74 Å². The van der Waals surface area contributed by atoms with E-state index in [-0.39, 0.29) is 34.9 Å². The van der Waals surface area contributed by atoms with Crippen molar-refractivity contribution in [3.8, 4) is 5.75 Å². The molecule has 1 aromatic rings. The van der Waals surface area contributed by atoms with Gasteiger partial charge in [0.25, 0.3) is 0 Å². The first-order valence-corrected chi connectivity index (χ1v) is 17.8. The van der Waals surface area contributed by atoms with Gasteiger partial charge in [-0.05, 0) is 128 Å². The predicted molar refractivity (Wildman–Crippen MR) is 176 cm³/mol. The van der Waals surface area contributed by atoms with Gasteiger partial charge in [-0.3, -0.25) is 9.59 Å². The maximum absolute atomic E-state index is 13.3. The fraction of sp³-hybridized carbons (Fsp3) is 0.737. The van der Waals surface area contributed by atoms with Gasteiger partial charge in [-0.2, -0.15) is 0 Å². The van der Waals surface area contributed by atoms with E-state index in [0.717, 1.165) is 43.4 Å². The Morgan fingerprint density at radius 2 is 1.60 bits per heavy atom. The molecule has 6 rings (SSSR count). The number of carbonyl (C=O) groups excluding carboxylic acids is 2. The minimum atomic E-state index is -0.248. The van der Waals surface area contributed by atoms with Crippen LogP contribution in [-0.2, 0) is 9.59 Å². The monoisotopic (exact) mass is 620 g/mol. The van der Waals surface area contributed by atoms with Gasteiger partial charge in [0.05, 0.1) is 19.3 Å². The first kappa shape index (κ1) is 32.6. The van der Waals surface area contributed by atoms with Crippen LogP contribution in [0.5, 0.6) is 5.75 Å². The van der Waals surface area contributed by atoms with Gasteiger partial charge < -0.3 is 24.7 Å². The van der Waals surface area contributed by atoms with Gasteiger partial charge in [-0.25, -0.2) is 0 Å². The molecule has 1 aliphatic heterocycles. The molecule has 2 amide bonds. The summed E-state index contributed by atoms with van der Waals surface area (Å²) >= 11 is 0. The summed E-state index contributed by atoms with van der Waals surface area (Å²) in [6.45, 7) is 9.67. The largest absolute Gasteiger partial charge is 0.497 e. The highest BCUT2D eigenvalue weighted by Gasteiger charge is 2.62. The number of aliphatic hydroxyl groups excluding tert-OH is 2. The second kappa shape index (κ2) is 13.0. The van der Waals surface area contributed by atoms with Crippen LogP contribution in [0, 0.1) is 46.3 Å². The van der Waals surface area contributed by atoms with Crippen molar-refractivity contribution >= 4 is 17.9 Å². The maximum atomic E-state index is 13.3. The van der Waals surface area contributed by atoms with Crippen molar-refractivity contribution in [2.24, 2.45) is 46.3 Å². The zero-order valence-corrected chi connectivity index (χ0v) is 28.0. The standard InChI is InChI=1S/C38H56N2O5/c1-25(5-13-34(43)39-19-21-40(22-20-39)35(44)14-8-26-6-9-29(45-4)10-7-26)30-11-12-31-36-32(16-18-38(30,31)3)37(2)17-15-28(41)23-27(37)24-33(36)42/h6-10,14,25,27-28,30-33,36,41-42H,5,11-13,15-24H2,1-4H3/b14-8+/t25-,27+,28-,30-,31+,32+,33+,36+,37+,38-/m1/s1. The quantitative estimate of drug-likeness (QED) is 0.377. The minimum Gasteiger partial charge on any atom is -0.497 e. The SMILES string of the molecule is COc1ccc(/C=C/C(=O)N2CCN(C(=O)CC[C@@H](C)[C@H]3CC[C@H]4[C@@H]5[C@@H](O)C[C@@H]6C[C@H](O)CC[C@]6(C)[C@H]5CC[C@]34C)CC2)cc1. The van der Waals surface area contributed by atoms with Crippen molar-refractivity contribution in [3.05, 3.63) is 35.9 Å². The van der Waals surface area contributed by atoms with Gasteiger partial charge in [-0.1, -0.05) is 32.9 Å². The third-order valence-corrected chi connectivity index (χ3v) is 13.7. The number of hydrogen-bond donors (Lipinski definition) is 2. The minimum absolute atomic E-state index is 0.0148. The fourth-order valence-corrected chi connectivity index (χ4v) is 11.1. The summed E-state index contributed by atoms with van der Waals surface area (Å²) in [6.07, 6.45) is 13.0. The van der Waals surface area contributed by atoms with Crippen LogP contribution < -0.4 is 4.74 Å². The lowest BCUT2D eigenvalue weighted by molar-refractivity contribution is -0.174. The third kappa shape index (κ3) is 6.20. The summed E-state index contributed by atoms with van der Waals surface area (Å²) in [5.41, 5.74) is 1.43. The van der Waals surface area contributed by atoms with Crippen LogP contribution in [0.3, 0.4) is 0 Å². The molecule has 45 heavy (non-hydrogen) atoms. The van der Waals surface area contributed by atoms with Gasteiger partial charge in [0.2, 0.25) is 11.8 Å². The number of benzene rings is 1. The van der Waals surface area contributed by atoms with E-state index in [9.17, 15) is 19.8 Å². The third-order valence-electron chi connectivity index (χ3n) is 13.7. The summed E-state index contributed by atoms with van der Waals surface area (Å²) in [7, 11) is 1.64. The Labute approximate surface area is 270 Å². The highest BCUT2D eigenvalue weighted by atomic mass is 16.5. The molecule has 5 aliphatic rings. The molecule has 4 aliphatic carbocycles. The number of aliphatic hydroxyl groups is 2. The molecule has 0 bridgehead atoms. The smallest absolute Gasteiger partial charge is 0.246 e. The van der Waals surface area contributed by atoms with E-state index < -0.39 is 0 Å². The Balaban J connectivity index is 0.990. The van der Waals surface area contributed by atoms with Crippen LogP contribution in [0.2, 0.25) is 0 Å². The molecule has 7 heteroatoms. The number of piperazine rings is 1. The van der Waals surface area contributed by atoms with Crippen molar-refractivity contribution in [1.82, 2.24) is 9.80 Å². The Bertz CT molecular complexity index is 1240. The van der Waals surface area contributed by atoms with Crippen molar-refractivity contribution in [3.63, 3.8) is 0 Å². The average Bonchev–Trinajstić information content (AvgIpc) is 3.40. The van der Waals surface area contributed by atoms with Crippen LogP contribution in [0.1, 0.15) is 90.5 Å². The summed E-state index contributed by atoms with van der Waals surface area (Å²) in [4.78, 5) is 29.8.